The van der Waals surface area contributed by atoms with Crippen molar-refractivity contribution in [2.75, 3.05) is 23.0 Å². The first-order chi connectivity index (χ1) is 21.9. The molecule has 12 atom stereocenters. The first-order valence-corrected chi connectivity index (χ1v) is 18.4. The zero-order chi connectivity index (χ0) is 32.1. The van der Waals surface area contributed by atoms with E-state index in [0.717, 1.165) is 43.6 Å². The molecule has 0 aromatic carbocycles. The van der Waals surface area contributed by atoms with Crippen LogP contribution in [0.3, 0.4) is 0 Å². The maximum Gasteiger partial charge on any atom is 0.324 e. The van der Waals surface area contributed by atoms with E-state index >= 15 is 0 Å². The smallest absolute Gasteiger partial charge is 0.324 e. The van der Waals surface area contributed by atoms with Gasteiger partial charge in [-0.1, -0.05) is 12.2 Å². The summed E-state index contributed by atoms with van der Waals surface area (Å²) < 4.78 is 32.0. The number of thioether (sulfide) groups is 2. The second-order valence-corrected chi connectivity index (χ2v) is 16.9. The second-order valence-electron chi connectivity index (χ2n) is 14.7. The lowest BCUT2D eigenvalue weighted by Crippen LogP contribution is -2.56. The third-order valence-corrected chi connectivity index (χ3v) is 15.9. The number of ether oxygens (including phenoxy) is 6. The summed E-state index contributed by atoms with van der Waals surface area (Å²) in [6.07, 6.45) is 7.86. The molecule has 14 heteroatoms. The molecule has 0 saturated carbocycles. The van der Waals surface area contributed by atoms with Gasteiger partial charge >= 0.3 is 35.8 Å². The molecule has 11 rings (SSSR count). The van der Waals surface area contributed by atoms with E-state index in [-0.39, 0.29) is 60.5 Å². The van der Waals surface area contributed by atoms with Gasteiger partial charge < -0.3 is 28.4 Å². The van der Waals surface area contributed by atoms with Crippen molar-refractivity contribution in [3.05, 3.63) is 12.2 Å². The zero-order valence-electron chi connectivity index (χ0n) is 25.4. The van der Waals surface area contributed by atoms with Crippen molar-refractivity contribution in [2.45, 2.75) is 89.0 Å². The third kappa shape index (κ3) is 2.93. The first kappa shape index (κ1) is 29.8. The first-order valence-electron chi connectivity index (χ1n) is 16.0. The van der Waals surface area contributed by atoms with E-state index < -0.39 is 44.4 Å². The monoisotopic (exact) mass is 674 g/mol. The Bertz CT molecular complexity index is 1460. The van der Waals surface area contributed by atoms with Gasteiger partial charge in [0.1, 0.15) is 32.5 Å². The van der Waals surface area contributed by atoms with Gasteiger partial charge in [0.05, 0.1) is 36.6 Å². The van der Waals surface area contributed by atoms with Crippen LogP contribution in [0.15, 0.2) is 12.2 Å². The summed E-state index contributed by atoms with van der Waals surface area (Å²) in [6.45, 7) is 3.59. The third-order valence-electron chi connectivity index (χ3n) is 13.6. The summed E-state index contributed by atoms with van der Waals surface area (Å²) in [6, 6.07) is 0. The fourth-order valence-electron chi connectivity index (χ4n) is 10.8. The molecule has 6 bridgehead atoms. The van der Waals surface area contributed by atoms with Crippen LogP contribution >= 0.6 is 23.5 Å². The summed E-state index contributed by atoms with van der Waals surface area (Å²) in [7, 11) is 0. The Kier molecular flexibility index (Phi) is 6.00. The Labute approximate surface area is 272 Å². The number of hydrogen-bond donors (Lipinski definition) is 0. The molecule has 46 heavy (non-hydrogen) atoms. The average Bonchev–Trinajstić information content (AvgIpc) is 3.91. The predicted octanol–water partition coefficient (Wildman–Crippen LogP) is 1.90. The molecule has 10 saturated heterocycles. The van der Waals surface area contributed by atoms with Crippen LogP contribution in [0.5, 0.6) is 0 Å². The van der Waals surface area contributed by atoms with Crippen LogP contribution < -0.4 is 0 Å². The van der Waals surface area contributed by atoms with E-state index in [9.17, 15) is 28.8 Å². The van der Waals surface area contributed by atoms with Crippen molar-refractivity contribution in [3.63, 3.8) is 0 Å². The van der Waals surface area contributed by atoms with E-state index in [1.54, 1.807) is 37.4 Å². The number of rotatable bonds is 0. The van der Waals surface area contributed by atoms with Gasteiger partial charge in [-0.3, -0.25) is 28.8 Å². The number of hydrogen-bond acceptors (Lipinski definition) is 14. The highest BCUT2D eigenvalue weighted by atomic mass is 32.2. The minimum Gasteiger partial charge on any atom is -0.392 e. The number of fused-ring (bicyclic) bond motifs is 9. The molecule has 0 radical (unpaired) electrons. The molecule has 0 N–H and O–H groups in total. The topological polar surface area (TPSA) is 158 Å². The Balaban J connectivity index is 0.0000000954. The fourth-order valence-corrected chi connectivity index (χ4v) is 13.8. The van der Waals surface area contributed by atoms with Gasteiger partial charge in [0, 0.05) is 11.5 Å². The molecular weight excluding hydrogens is 640 g/mol. The highest BCUT2D eigenvalue weighted by molar-refractivity contribution is 7.99. The molecule has 11 aliphatic heterocycles. The normalized spacial score (nSPS) is 53.8. The van der Waals surface area contributed by atoms with Gasteiger partial charge in [0.25, 0.3) is 0 Å². The molecule has 11 heterocycles. The molecule has 246 valence electrons. The van der Waals surface area contributed by atoms with E-state index in [0.29, 0.717) is 17.9 Å². The largest absolute Gasteiger partial charge is 0.392 e. The highest BCUT2D eigenvalue weighted by Gasteiger charge is 2.82. The average molecular weight is 675 g/mol. The Morgan fingerprint density at radius 2 is 0.935 bits per heavy atom. The van der Waals surface area contributed by atoms with Crippen molar-refractivity contribution >= 4 is 59.3 Å². The maximum atomic E-state index is 12.1. The van der Waals surface area contributed by atoms with Crippen LogP contribution in [0.4, 0.5) is 0 Å². The molecule has 0 aromatic heterocycles. The second kappa shape index (κ2) is 9.25. The SMILES string of the molecule is C[C@@]12C(=O)OC(=O)[C@]1(C)[C@H]1CC[C@@H]2O1.O=C1OC(=O)C23CSCCC12C1C=CC3O1.O=C1OC(=O)C23CSCCC12C1CCC3O1. The summed E-state index contributed by atoms with van der Waals surface area (Å²) in [5.41, 5.74) is -4.20. The number of esters is 6. The number of cyclic esters (lactones) is 6. The Morgan fingerprint density at radius 3 is 1.52 bits per heavy atom. The summed E-state index contributed by atoms with van der Waals surface area (Å²) in [4.78, 5) is 71.5. The lowest BCUT2D eigenvalue weighted by Gasteiger charge is -2.43. The van der Waals surface area contributed by atoms with Gasteiger partial charge in [-0.15, -0.1) is 0 Å². The molecule has 0 aliphatic carbocycles. The van der Waals surface area contributed by atoms with Crippen LogP contribution in [0.1, 0.15) is 52.4 Å². The molecule has 0 spiro atoms. The number of carbonyl (C=O) groups excluding carboxylic acids is 6. The minimum atomic E-state index is -0.743. The Hall–Kier alpha value is -2.26. The molecule has 10 fully saturated rings. The standard InChI is InChI=1S/C11H12O4S.C11H10O4S.C10H12O4/c2*12-8-10-3-4-16-5-11(10,9(13)15-8)7-2-1-6(10)14-7;1-9-5-3-4-6(13-5)10(9,2)8(12)14-7(9)11/h6-7H,1-5H2;1-2,6-7H,3-5H2;5-6H,3-4H2,1-2H3/t;;5-,6+,9+,10-. The molecule has 12 nitrogen and oxygen atoms in total. The van der Waals surface area contributed by atoms with Crippen molar-refractivity contribution in [1.82, 2.24) is 0 Å². The van der Waals surface area contributed by atoms with Crippen LogP contribution in [-0.4, -0.2) is 95.5 Å². The van der Waals surface area contributed by atoms with E-state index in [1.807, 2.05) is 12.2 Å². The summed E-state index contributed by atoms with van der Waals surface area (Å²) in [5, 5.41) is 0. The van der Waals surface area contributed by atoms with Crippen LogP contribution in [0.25, 0.3) is 0 Å². The lowest BCUT2D eigenvalue weighted by atomic mass is 9.56. The van der Waals surface area contributed by atoms with Crippen LogP contribution in [0.2, 0.25) is 0 Å². The molecule has 11 aliphatic rings. The molecular formula is C32H34O12S2. The zero-order valence-corrected chi connectivity index (χ0v) is 27.0. The Morgan fingerprint density at radius 1 is 0.522 bits per heavy atom. The van der Waals surface area contributed by atoms with Crippen molar-refractivity contribution in [3.8, 4) is 0 Å². The summed E-state index contributed by atoms with van der Waals surface area (Å²) in [5.74, 6) is 0.968. The maximum absolute atomic E-state index is 12.1. The predicted molar refractivity (Wildman–Crippen MR) is 157 cm³/mol. The van der Waals surface area contributed by atoms with Crippen molar-refractivity contribution in [1.29, 1.82) is 0 Å². The van der Waals surface area contributed by atoms with Crippen LogP contribution in [-0.2, 0) is 57.2 Å². The van der Waals surface area contributed by atoms with Crippen LogP contribution in [0, 0.1) is 32.5 Å². The van der Waals surface area contributed by atoms with E-state index in [2.05, 4.69) is 0 Å². The quantitative estimate of drug-likeness (QED) is 0.159. The lowest BCUT2D eigenvalue weighted by molar-refractivity contribution is -0.161. The van der Waals surface area contributed by atoms with Gasteiger partial charge in [0.15, 0.2) is 0 Å². The fraction of sp³-hybridized carbons (Fsp3) is 0.750. The van der Waals surface area contributed by atoms with Crippen molar-refractivity contribution < 1.29 is 57.2 Å². The van der Waals surface area contributed by atoms with E-state index in [4.69, 9.17) is 28.4 Å². The van der Waals surface area contributed by atoms with Gasteiger partial charge in [-0.2, -0.15) is 23.5 Å². The summed E-state index contributed by atoms with van der Waals surface area (Å²) >= 11 is 3.46. The molecule has 8 unspecified atom stereocenters. The molecule has 0 amide bonds. The van der Waals surface area contributed by atoms with Gasteiger partial charge in [-0.05, 0) is 63.9 Å². The highest BCUT2D eigenvalue weighted by Crippen LogP contribution is 2.69. The van der Waals surface area contributed by atoms with Gasteiger partial charge in [0.2, 0.25) is 0 Å². The van der Waals surface area contributed by atoms with Gasteiger partial charge in [-0.25, -0.2) is 0 Å². The molecule has 0 aromatic rings. The minimum absolute atomic E-state index is 0.0719. The van der Waals surface area contributed by atoms with E-state index in [1.165, 1.54) is 0 Å². The van der Waals surface area contributed by atoms with Crippen molar-refractivity contribution in [2.24, 2.45) is 32.5 Å². The number of carbonyl (C=O) groups is 6.